The Morgan fingerprint density at radius 3 is 2.51 bits per heavy atom. The average molecular weight is 752 g/mol. The van der Waals surface area contributed by atoms with Crippen LogP contribution in [-0.4, -0.2) is 58.1 Å². The minimum absolute atomic E-state index is 0.157. The number of fused-ring (bicyclic) bond motifs is 1. The van der Waals surface area contributed by atoms with Gasteiger partial charge in [0.1, 0.15) is 5.52 Å². The van der Waals surface area contributed by atoms with E-state index < -0.39 is 12.2 Å². The number of nitrogens with zero attached hydrogens (tertiary/aromatic N) is 5. The minimum atomic E-state index is -2.85. The number of hydrogen-bond donors (Lipinski definition) is 1. The van der Waals surface area contributed by atoms with Gasteiger partial charge in [0, 0.05) is 46.0 Å². The van der Waals surface area contributed by atoms with Gasteiger partial charge < -0.3 is 14.8 Å². The molecule has 49 heavy (non-hydrogen) atoms. The van der Waals surface area contributed by atoms with Crippen LogP contribution in [0.4, 0.5) is 20.3 Å². The standard InChI is InChI=1S/C36H34BrClF2N6O3/c1-20-24(6-5-9-27(20)42-34-32-29(17-23(37)18-41-32)43-35(45-34)33(39)40)25-7-4-8-26(31(25)38)28-11-10-22(36(44-28)49-3)19-46-14-12-21(13-15-46)16-30(47)48-2/h4-11,17-18,21,33H,12-16,19H2,1-3H3,(H,42,43,45). The van der Waals surface area contributed by atoms with Crippen molar-refractivity contribution in [2.24, 2.45) is 5.92 Å². The van der Waals surface area contributed by atoms with Crippen molar-refractivity contribution >= 4 is 56.0 Å². The van der Waals surface area contributed by atoms with E-state index in [4.69, 9.17) is 26.1 Å². The molecule has 4 heterocycles. The van der Waals surface area contributed by atoms with Gasteiger partial charge in [0.15, 0.2) is 11.6 Å². The van der Waals surface area contributed by atoms with Crippen molar-refractivity contribution in [1.29, 1.82) is 0 Å². The molecule has 0 unspecified atom stereocenters. The summed E-state index contributed by atoms with van der Waals surface area (Å²) in [4.78, 5) is 31.4. The van der Waals surface area contributed by atoms with Gasteiger partial charge in [-0.15, -0.1) is 0 Å². The highest BCUT2D eigenvalue weighted by Gasteiger charge is 2.24. The van der Waals surface area contributed by atoms with E-state index in [1.807, 2.05) is 55.5 Å². The normalized spacial score (nSPS) is 14.0. The number of alkyl halides is 2. The number of anilines is 2. The van der Waals surface area contributed by atoms with E-state index in [0.717, 1.165) is 53.7 Å². The molecular weight excluding hydrogens is 718 g/mol. The number of aromatic nitrogens is 4. The zero-order valence-electron chi connectivity index (χ0n) is 27.1. The van der Waals surface area contributed by atoms with Gasteiger partial charge in [0.25, 0.3) is 6.43 Å². The van der Waals surface area contributed by atoms with E-state index in [0.29, 0.717) is 56.7 Å². The van der Waals surface area contributed by atoms with Gasteiger partial charge >= 0.3 is 5.97 Å². The summed E-state index contributed by atoms with van der Waals surface area (Å²) >= 11 is 10.4. The fraction of sp³-hybridized carbons (Fsp3) is 0.306. The Kier molecular flexibility index (Phi) is 10.7. The van der Waals surface area contributed by atoms with Crippen LogP contribution in [0.1, 0.15) is 42.6 Å². The first-order valence-corrected chi connectivity index (χ1v) is 16.9. The summed E-state index contributed by atoms with van der Waals surface area (Å²) in [5, 5.41) is 3.73. The summed E-state index contributed by atoms with van der Waals surface area (Å²) in [5.41, 5.74) is 6.15. The molecule has 0 atom stereocenters. The van der Waals surface area contributed by atoms with E-state index in [-0.39, 0.29) is 11.8 Å². The van der Waals surface area contributed by atoms with Crippen molar-refractivity contribution in [2.75, 3.05) is 32.6 Å². The number of carbonyl (C=O) groups excluding carboxylic acids is 1. The molecule has 9 nitrogen and oxygen atoms in total. The maximum Gasteiger partial charge on any atom is 0.305 e. The number of piperidine rings is 1. The fourth-order valence-electron chi connectivity index (χ4n) is 6.15. The Morgan fingerprint density at radius 1 is 1.04 bits per heavy atom. The van der Waals surface area contributed by atoms with Crippen LogP contribution in [-0.2, 0) is 16.1 Å². The Bertz CT molecular complexity index is 2010. The fourth-order valence-corrected chi connectivity index (χ4v) is 6.79. The van der Waals surface area contributed by atoms with E-state index in [2.05, 4.69) is 41.1 Å². The van der Waals surface area contributed by atoms with E-state index in [1.54, 1.807) is 19.4 Å². The minimum Gasteiger partial charge on any atom is -0.481 e. The van der Waals surface area contributed by atoms with Crippen LogP contribution < -0.4 is 10.1 Å². The Labute approximate surface area is 296 Å². The molecule has 0 aliphatic carbocycles. The zero-order valence-corrected chi connectivity index (χ0v) is 29.5. The zero-order chi connectivity index (χ0) is 34.7. The maximum atomic E-state index is 13.7. The third kappa shape index (κ3) is 7.66. The average Bonchev–Trinajstić information content (AvgIpc) is 3.10. The molecule has 0 amide bonds. The molecular formula is C36H34BrClF2N6O3. The van der Waals surface area contributed by atoms with E-state index in [9.17, 15) is 13.6 Å². The first-order valence-electron chi connectivity index (χ1n) is 15.8. The molecule has 1 saturated heterocycles. The molecule has 1 aliphatic rings. The first kappa shape index (κ1) is 34.6. The molecule has 0 bridgehead atoms. The maximum absolute atomic E-state index is 13.7. The van der Waals surface area contributed by atoms with Crippen molar-refractivity contribution in [3.8, 4) is 28.3 Å². The summed E-state index contributed by atoms with van der Waals surface area (Å²) in [7, 11) is 3.04. The molecule has 1 N–H and O–H groups in total. The lowest BCUT2D eigenvalue weighted by Crippen LogP contribution is -2.34. The lowest BCUT2D eigenvalue weighted by molar-refractivity contribution is -0.142. The van der Waals surface area contributed by atoms with E-state index >= 15 is 0 Å². The number of ether oxygens (including phenoxy) is 2. The summed E-state index contributed by atoms with van der Waals surface area (Å²) < 4.78 is 38.6. The molecule has 2 aromatic carbocycles. The molecule has 1 fully saturated rings. The number of methoxy groups -OCH3 is 2. The molecule has 254 valence electrons. The summed E-state index contributed by atoms with van der Waals surface area (Å²) in [6.45, 7) is 4.36. The number of benzene rings is 2. The van der Waals surface area contributed by atoms with Gasteiger partial charge in [-0.25, -0.2) is 28.7 Å². The molecule has 0 radical (unpaired) electrons. The van der Waals surface area contributed by atoms with Crippen molar-refractivity contribution in [1.82, 2.24) is 24.8 Å². The highest BCUT2D eigenvalue weighted by molar-refractivity contribution is 9.10. The second-order valence-corrected chi connectivity index (χ2v) is 13.2. The molecule has 5 aromatic rings. The molecule has 3 aromatic heterocycles. The van der Waals surface area contributed by atoms with Crippen LogP contribution in [0.5, 0.6) is 5.88 Å². The van der Waals surface area contributed by atoms with Crippen LogP contribution >= 0.6 is 27.5 Å². The predicted molar refractivity (Wildman–Crippen MR) is 189 cm³/mol. The number of nitrogens with one attached hydrogen (secondary N) is 1. The highest BCUT2D eigenvalue weighted by Crippen LogP contribution is 2.40. The van der Waals surface area contributed by atoms with Crippen LogP contribution in [0.25, 0.3) is 33.4 Å². The van der Waals surface area contributed by atoms with Gasteiger partial charge in [-0.3, -0.25) is 9.69 Å². The Morgan fingerprint density at radius 2 is 1.78 bits per heavy atom. The van der Waals surface area contributed by atoms with Crippen LogP contribution in [0.15, 0.2) is 65.3 Å². The number of hydrogen-bond acceptors (Lipinski definition) is 9. The number of rotatable bonds is 10. The van der Waals surface area contributed by atoms with Crippen molar-refractivity contribution in [3.63, 3.8) is 0 Å². The lowest BCUT2D eigenvalue weighted by Gasteiger charge is -2.31. The first-order chi connectivity index (χ1) is 23.6. The van der Waals surface area contributed by atoms with Crippen molar-refractivity contribution < 1.29 is 23.0 Å². The predicted octanol–water partition coefficient (Wildman–Crippen LogP) is 8.94. The smallest absolute Gasteiger partial charge is 0.305 e. The van der Waals surface area contributed by atoms with Gasteiger partial charge in [-0.1, -0.05) is 48.0 Å². The number of pyridine rings is 2. The number of likely N-dealkylation sites (tertiary alicyclic amines) is 1. The Balaban J connectivity index is 1.26. The van der Waals surface area contributed by atoms with Crippen LogP contribution in [0.2, 0.25) is 5.02 Å². The monoisotopic (exact) mass is 750 g/mol. The molecule has 1 aliphatic heterocycles. The largest absolute Gasteiger partial charge is 0.481 e. The molecule has 6 rings (SSSR count). The third-order valence-corrected chi connectivity index (χ3v) is 9.62. The van der Waals surface area contributed by atoms with Gasteiger partial charge in [-0.05, 0) is 84.0 Å². The van der Waals surface area contributed by atoms with Crippen molar-refractivity contribution in [2.45, 2.75) is 39.2 Å². The van der Waals surface area contributed by atoms with Crippen LogP contribution in [0.3, 0.4) is 0 Å². The van der Waals surface area contributed by atoms with Gasteiger partial charge in [0.05, 0.1) is 30.5 Å². The summed E-state index contributed by atoms with van der Waals surface area (Å²) in [6.07, 6.45) is 1.05. The van der Waals surface area contributed by atoms with E-state index in [1.165, 1.54) is 7.11 Å². The highest BCUT2D eigenvalue weighted by atomic mass is 79.9. The van der Waals surface area contributed by atoms with Gasteiger partial charge in [0.2, 0.25) is 5.88 Å². The van der Waals surface area contributed by atoms with Gasteiger partial charge in [-0.2, -0.15) is 0 Å². The topological polar surface area (TPSA) is 102 Å². The number of carbonyl (C=O) groups is 1. The summed E-state index contributed by atoms with van der Waals surface area (Å²) in [5.74, 6) is 0.295. The number of halogens is 4. The Hall–Kier alpha value is -4.26. The second kappa shape index (κ2) is 15.1. The molecule has 0 saturated carbocycles. The lowest BCUT2D eigenvalue weighted by atomic mass is 9.93. The number of esters is 1. The quantitative estimate of drug-likeness (QED) is 0.140. The molecule has 13 heteroatoms. The SMILES string of the molecule is COC(=O)CC1CCN(Cc2ccc(-c3cccc(-c4cccc(Nc5nc(C(F)F)nc6cc(Br)cnc56)c4C)c3Cl)nc2OC)CC1. The van der Waals surface area contributed by atoms with Crippen LogP contribution in [0, 0.1) is 12.8 Å². The second-order valence-electron chi connectivity index (χ2n) is 11.9. The molecule has 0 spiro atoms. The third-order valence-electron chi connectivity index (χ3n) is 8.78. The summed E-state index contributed by atoms with van der Waals surface area (Å²) in [6, 6.07) is 17.0. The van der Waals surface area contributed by atoms with Crippen molar-refractivity contribution in [3.05, 3.63) is 87.2 Å².